The molecule has 19 heavy (non-hydrogen) atoms. The van der Waals surface area contributed by atoms with Crippen molar-refractivity contribution in [2.45, 2.75) is 70.8 Å². The van der Waals surface area contributed by atoms with Crippen LogP contribution in [0.5, 0.6) is 0 Å². The van der Waals surface area contributed by atoms with Gasteiger partial charge in [-0.3, -0.25) is 4.79 Å². The quantitative estimate of drug-likeness (QED) is 0.536. The molecular formula is C15H31NO3. The summed E-state index contributed by atoms with van der Waals surface area (Å²) in [6.07, 6.45) is 8.24. The summed E-state index contributed by atoms with van der Waals surface area (Å²) in [5.41, 5.74) is 0. The Balaban J connectivity index is 3.48. The molecule has 1 atom stereocenters. The van der Waals surface area contributed by atoms with Gasteiger partial charge in [0.25, 0.3) is 0 Å². The molecule has 0 aliphatic heterocycles. The van der Waals surface area contributed by atoms with E-state index in [-0.39, 0.29) is 12.5 Å². The zero-order valence-electron chi connectivity index (χ0n) is 12.6. The molecule has 0 aliphatic rings. The van der Waals surface area contributed by atoms with Gasteiger partial charge in [0.1, 0.15) is 0 Å². The lowest BCUT2D eigenvalue weighted by Crippen LogP contribution is -2.27. The van der Waals surface area contributed by atoms with E-state index in [2.05, 4.69) is 6.92 Å². The summed E-state index contributed by atoms with van der Waals surface area (Å²) in [6.45, 7) is 2.76. The lowest BCUT2D eigenvalue weighted by molar-refractivity contribution is -0.130. The highest BCUT2D eigenvalue weighted by molar-refractivity contribution is 5.75. The van der Waals surface area contributed by atoms with Gasteiger partial charge >= 0.3 is 0 Å². The Labute approximate surface area is 117 Å². The highest BCUT2D eigenvalue weighted by Gasteiger charge is 2.08. The van der Waals surface area contributed by atoms with Crippen LogP contribution in [-0.2, 0) is 4.79 Å². The fraction of sp³-hybridized carbons (Fsp3) is 0.933. The number of carbonyl (C=O) groups is 1. The van der Waals surface area contributed by atoms with Crippen LogP contribution in [0.3, 0.4) is 0 Å². The summed E-state index contributed by atoms with van der Waals surface area (Å²) in [6, 6.07) is 0. The molecular weight excluding hydrogens is 242 g/mol. The molecule has 0 bridgehead atoms. The van der Waals surface area contributed by atoms with E-state index in [0.29, 0.717) is 12.8 Å². The molecule has 4 heteroatoms. The van der Waals surface area contributed by atoms with Gasteiger partial charge in [-0.2, -0.15) is 0 Å². The molecule has 1 amide bonds. The van der Waals surface area contributed by atoms with Crippen molar-refractivity contribution in [1.29, 1.82) is 0 Å². The van der Waals surface area contributed by atoms with Crippen molar-refractivity contribution in [3.8, 4) is 0 Å². The maximum absolute atomic E-state index is 11.8. The second-order valence-corrected chi connectivity index (χ2v) is 5.31. The van der Waals surface area contributed by atoms with Crippen LogP contribution in [0.1, 0.15) is 64.7 Å². The number of aliphatic hydroxyl groups excluding tert-OH is 2. The Morgan fingerprint density at radius 3 is 2.42 bits per heavy atom. The Kier molecular flexibility index (Phi) is 12.0. The normalized spacial score (nSPS) is 12.4. The first-order valence-corrected chi connectivity index (χ1v) is 7.64. The van der Waals surface area contributed by atoms with Crippen LogP contribution in [0.25, 0.3) is 0 Å². The van der Waals surface area contributed by atoms with Crippen LogP contribution < -0.4 is 0 Å². The van der Waals surface area contributed by atoms with Gasteiger partial charge in [0.05, 0.1) is 12.7 Å². The maximum atomic E-state index is 11.8. The van der Waals surface area contributed by atoms with Gasteiger partial charge in [-0.05, 0) is 25.7 Å². The van der Waals surface area contributed by atoms with Gasteiger partial charge < -0.3 is 15.1 Å². The highest BCUT2D eigenvalue weighted by atomic mass is 16.3. The molecule has 0 heterocycles. The third-order valence-corrected chi connectivity index (χ3v) is 3.41. The minimum absolute atomic E-state index is 0.174. The van der Waals surface area contributed by atoms with Crippen molar-refractivity contribution in [1.82, 2.24) is 4.90 Å². The molecule has 0 aromatic rings. The molecule has 4 nitrogen and oxygen atoms in total. The minimum atomic E-state index is -0.612. The maximum Gasteiger partial charge on any atom is 0.222 e. The van der Waals surface area contributed by atoms with Crippen LogP contribution in [0.4, 0.5) is 0 Å². The van der Waals surface area contributed by atoms with Crippen LogP contribution >= 0.6 is 0 Å². The number of aliphatic hydroxyl groups is 2. The number of hydrogen-bond donors (Lipinski definition) is 2. The predicted molar refractivity (Wildman–Crippen MR) is 78.0 cm³/mol. The van der Waals surface area contributed by atoms with Gasteiger partial charge in [0, 0.05) is 20.0 Å². The van der Waals surface area contributed by atoms with Gasteiger partial charge in [-0.15, -0.1) is 0 Å². The number of rotatable bonds is 12. The van der Waals surface area contributed by atoms with Crippen molar-refractivity contribution in [2.24, 2.45) is 0 Å². The SMILES string of the molecule is CCCCCCCC(=O)N(C)CCCCC(O)CO. The average molecular weight is 273 g/mol. The summed E-state index contributed by atoms with van der Waals surface area (Å²) in [5.74, 6) is 0.221. The molecule has 0 fully saturated rings. The number of nitrogens with zero attached hydrogens (tertiary/aromatic N) is 1. The lowest BCUT2D eigenvalue weighted by atomic mass is 10.1. The highest BCUT2D eigenvalue weighted by Crippen LogP contribution is 2.07. The summed E-state index contributed by atoms with van der Waals surface area (Å²) >= 11 is 0. The third-order valence-electron chi connectivity index (χ3n) is 3.41. The summed E-state index contributed by atoms with van der Waals surface area (Å²) in [5, 5.41) is 17.9. The van der Waals surface area contributed by atoms with E-state index in [1.165, 1.54) is 19.3 Å². The van der Waals surface area contributed by atoms with Gasteiger partial charge in [0.15, 0.2) is 0 Å². The van der Waals surface area contributed by atoms with Crippen LogP contribution in [0.15, 0.2) is 0 Å². The van der Waals surface area contributed by atoms with E-state index in [9.17, 15) is 9.90 Å². The lowest BCUT2D eigenvalue weighted by Gasteiger charge is -2.17. The van der Waals surface area contributed by atoms with E-state index >= 15 is 0 Å². The van der Waals surface area contributed by atoms with E-state index < -0.39 is 6.10 Å². The van der Waals surface area contributed by atoms with Crippen LogP contribution in [0, 0.1) is 0 Å². The molecule has 0 aromatic heterocycles. The van der Waals surface area contributed by atoms with Crippen molar-refractivity contribution in [2.75, 3.05) is 20.2 Å². The third kappa shape index (κ3) is 11.0. The van der Waals surface area contributed by atoms with Crippen molar-refractivity contribution < 1.29 is 15.0 Å². The first-order valence-electron chi connectivity index (χ1n) is 7.64. The monoisotopic (exact) mass is 273 g/mol. The number of unbranched alkanes of at least 4 members (excludes halogenated alkanes) is 5. The average Bonchev–Trinajstić information content (AvgIpc) is 2.42. The van der Waals surface area contributed by atoms with E-state index in [1.54, 1.807) is 4.90 Å². The van der Waals surface area contributed by atoms with Crippen molar-refractivity contribution in [3.05, 3.63) is 0 Å². The van der Waals surface area contributed by atoms with Crippen molar-refractivity contribution in [3.63, 3.8) is 0 Å². The smallest absolute Gasteiger partial charge is 0.222 e. The van der Waals surface area contributed by atoms with Gasteiger partial charge in [0.2, 0.25) is 5.91 Å². The van der Waals surface area contributed by atoms with Gasteiger partial charge in [-0.1, -0.05) is 32.6 Å². The Morgan fingerprint density at radius 2 is 1.79 bits per heavy atom. The first-order chi connectivity index (χ1) is 9.11. The summed E-state index contributed by atoms with van der Waals surface area (Å²) < 4.78 is 0. The zero-order valence-corrected chi connectivity index (χ0v) is 12.6. The Hall–Kier alpha value is -0.610. The fourth-order valence-corrected chi connectivity index (χ4v) is 2.02. The molecule has 0 spiro atoms. The predicted octanol–water partition coefficient (Wildman–Crippen LogP) is 2.33. The van der Waals surface area contributed by atoms with Crippen molar-refractivity contribution >= 4 is 5.91 Å². The van der Waals surface area contributed by atoms with Crippen LogP contribution in [-0.4, -0.2) is 47.3 Å². The van der Waals surface area contributed by atoms with Gasteiger partial charge in [-0.25, -0.2) is 0 Å². The number of carbonyl (C=O) groups excluding carboxylic acids is 1. The van der Waals surface area contributed by atoms with E-state index in [4.69, 9.17) is 5.11 Å². The van der Waals surface area contributed by atoms with E-state index in [0.717, 1.165) is 32.2 Å². The standard InChI is InChI=1S/C15H31NO3/c1-3-4-5-6-7-11-15(19)16(2)12-9-8-10-14(18)13-17/h14,17-18H,3-13H2,1-2H3. The molecule has 0 saturated carbocycles. The Bertz CT molecular complexity index is 221. The summed E-state index contributed by atoms with van der Waals surface area (Å²) in [4.78, 5) is 13.6. The molecule has 2 N–H and O–H groups in total. The second-order valence-electron chi connectivity index (χ2n) is 5.31. The first kappa shape index (κ1) is 18.4. The molecule has 0 saturated heterocycles. The molecule has 114 valence electrons. The minimum Gasteiger partial charge on any atom is -0.394 e. The Morgan fingerprint density at radius 1 is 1.11 bits per heavy atom. The van der Waals surface area contributed by atoms with E-state index in [1.807, 2.05) is 7.05 Å². The molecule has 0 radical (unpaired) electrons. The largest absolute Gasteiger partial charge is 0.394 e. The summed E-state index contributed by atoms with van der Waals surface area (Å²) in [7, 11) is 1.84. The number of hydrogen-bond acceptors (Lipinski definition) is 3. The number of amides is 1. The molecule has 0 aliphatic carbocycles. The second kappa shape index (κ2) is 12.4. The topological polar surface area (TPSA) is 60.8 Å². The molecule has 0 rings (SSSR count). The van der Waals surface area contributed by atoms with Crippen LogP contribution in [0.2, 0.25) is 0 Å². The molecule has 1 unspecified atom stereocenters. The molecule has 0 aromatic carbocycles. The zero-order chi connectivity index (χ0) is 14.5. The fourth-order valence-electron chi connectivity index (χ4n) is 2.02.